The van der Waals surface area contributed by atoms with Crippen LogP contribution in [-0.4, -0.2) is 34.2 Å². The minimum atomic E-state index is -0.0410. The molecular formula is C19H16ClN3O2S. The van der Waals surface area contributed by atoms with Gasteiger partial charge in [-0.25, -0.2) is 5.01 Å². The largest absolute Gasteiger partial charge is 0.326 e. The van der Waals surface area contributed by atoms with Gasteiger partial charge in [-0.2, -0.15) is 5.10 Å². The first-order chi connectivity index (χ1) is 12.6. The van der Waals surface area contributed by atoms with E-state index in [2.05, 4.69) is 10.4 Å². The maximum Gasteiger partial charge on any atom is 0.302 e. The first-order valence-electron chi connectivity index (χ1n) is 8.28. The molecule has 0 aliphatic carbocycles. The van der Waals surface area contributed by atoms with Crippen molar-refractivity contribution in [2.24, 2.45) is 5.10 Å². The van der Waals surface area contributed by atoms with E-state index in [1.54, 1.807) is 0 Å². The number of nitrogens with one attached hydrogen (secondary N) is 1. The Morgan fingerprint density at radius 1 is 1.15 bits per heavy atom. The number of amides is 2. The van der Waals surface area contributed by atoms with E-state index < -0.39 is 0 Å². The predicted molar refractivity (Wildman–Crippen MR) is 105 cm³/mol. The highest BCUT2D eigenvalue weighted by molar-refractivity contribution is 8.14. The second-order valence-electron chi connectivity index (χ2n) is 6.20. The molecule has 0 saturated carbocycles. The third-order valence-electron chi connectivity index (χ3n) is 4.37. The number of anilines is 1. The Labute approximate surface area is 160 Å². The Kier molecular flexibility index (Phi) is 4.70. The molecule has 0 bridgehead atoms. The van der Waals surface area contributed by atoms with Gasteiger partial charge >= 0.3 is 5.24 Å². The molecule has 2 aromatic rings. The van der Waals surface area contributed by atoms with Crippen LogP contribution in [0.25, 0.3) is 0 Å². The molecule has 2 aliphatic heterocycles. The Balaban J connectivity index is 1.47. The molecule has 0 radical (unpaired) electrons. The Morgan fingerprint density at radius 2 is 1.96 bits per heavy atom. The van der Waals surface area contributed by atoms with Crippen molar-refractivity contribution in [3.63, 3.8) is 0 Å². The molecule has 7 heteroatoms. The Bertz CT molecular complexity index is 912. The molecule has 0 fully saturated rings. The van der Waals surface area contributed by atoms with Crippen LogP contribution in [0.2, 0.25) is 5.02 Å². The number of halogens is 1. The van der Waals surface area contributed by atoms with Gasteiger partial charge < -0.3 is 5.32 Å². The van der Waals surface area contributed by atoms with Gasteiger partial charge in [-0.15, -0.1) is 0 Å². The summed E-state index contributed by atoms with van der Waals surface area (Å²) in [5.41, 5.74) is 4.83. The zero-order chi connectivity index (χ0) is 18.1. The van der Waals surface area contributed by atoms with E-state index in [0.717, 1.165) is 28.1 Å². The normalized spacial score (nSPS) is 16.3. The number of hydrazone groups is 1. The zero-order valence-electron chi connectivity index (χ0n) is 13.9. The van der Waals surface area contributed by atoms with Crippen LogP contribution < -0.4 is 5.32 Å². The average Bonchev–Trinajstić information content (AvgIpc) is 3.01. The molecule has 5 nitrogen and oxygen atoms in total. The van der Waals surface area contributed by atoms with Gasteiger partial charge in [0.05, 0.1) is 12.1 Å². The fourth-order valence-electron chi connectivity index (χ4n) is 3.02. The summed E-state index contributed by atoms with van der Waals surface area (Å²) in [5, 5.41) is 9.52. The number of thioether (sulfide) groups is 1. The van der Waals surface area contributed by atoms with Crippen LogP contribution in [0.5, 0.6) is 0 Å². The first-order valence-corrected chi connectivity index (χ1v) is 9.64. The lowest BCUT2D eigenvalue weighted by molar-refractivity contribution is -0.115. The molecule has 26 heavy (non-hydrogen) atoms. The Morgan fingerprint density at radius 3 is 2.77 bits per heavy atom. The maximum absolute atomic E-state index is 12.2. The van der Waals surface area contributed by atoms with Gasteiger partial charge in [0.2, 0.25) is 5.91 Å². The molecule has 132 valence electrons. The Hall–Kier alpha value is -2.31. The molecule has 0 atom stereocenters. The van der Waals surface area contributed by atoms with Gasteiger partial charge in [-0.05, 0) is 41.3 Å². The van der Waals surface area contributed by atoms with Crippen LogP contribution in [-0.2, 0) is 17.6 Å². The first kappa shape index (κ1) is 17.1. The van der Waals surface area contributed by atoms with Crippen molar-refractivity contribution >= 4 is 45.9 Å². The number of rotatable bonds is 4. The smallest absolute Gasteiger partial charge is 0.302 e. The summed E-state index contributed by atoms with van der Waals surface area (Å²) in [6.07, 6.45) is 1.10. The van der Waals surface area contributed by atoms with E-state index in [9.17, 15) is 9.59 Å². The van der Waals surface area contributed by atoms with E-state index in [0.29, 0.717) is 30.2 Å². The number of carbonyl (C=O) groups is 2. The fourth-order valence-corrected chi connectivity index (χ4v) is 3.91. The quantitative estimate of drug-likeness (QED) is 0.866. The standard InChI is InChI=1S/C19H16ClN3O2S/c20-15-4-2-13(3-5-15)17-11-26-19(25)23(22-17)8-7-12-1-6-16-14(9-12)10-18(24)21-16/h1-6,9H,7-8,10-11H2,(H,21,24). The van der Waals surface area contributed by atoms with Crippen LogP contribution in [0.1, 0.15) is 16.7 Å². The monoisotopic (exact) mass is 385 g/mol. The summed E-state index contributed by atoms with van der Waals surface area (Å²) in [4.78, 5) is 23.6. The molecule has 0 saturated heterocycles. The average molecular weight is 386 g/mol. The van der Waals surface area contributed by atoms with Crippen molar-refractivity contribution in [1.29, 1.82) is 0 Å². The van der Waals surface area contributed by atoms with Gasteiger partial charge in [-0.1, -0.05) is 47.6 Å². The maximum atomic E-state index is 12.2. The molecular weight excluding hydrogens is 370 g/mol. The van der Waals surface area contributed by atoms with Crippen LogP contribution >= 0.6 is 23.4 Å². The molecule has 2 heterocycles. The van der Waals surface area contributed by atoms with Gasteiger partial charge in [-0.3, -0.25) is 9.59 Å². The van der Waals surface area contributed by atoms with Gasteiger partial charge in [0.1, 0.15) is 0 Å². The van der Waals surface area contributed by atoms with Crippen molar-refractivity contribution in [1.82, 2.24) is 5.01 Å². The summed E-state index contributed by atoms with van der Waals surface area (Å²) in [7, 11) is 0. The molecule has 0 aromatic heterocycles. The van der Waals surface area contributed by atoms with E-state index in [1.807, 2.05) is 42.5 Å². The molecule has 1 N–H and O–H groups in total. The molecule has 0 spiro atoms. The predicted octanol–water partition coefficient (Wildman–Crippen LogP) is 3.95. The number of hydrogen-bond donors (Lipinski definition) is 1. The van der Waals surface area contributed by atoms with E-state index in [1.165, 1.54) is 16.8 Å². The molecule has 2 aromatic carbocycles. The number of hydrogen-bond acceptors (Lipinski definition) is 4. The van der Waals surface area contributed by atoms with Crippen molar-refractivity contribution in [2.75, 3.05) is 17.6 Å². The molecule has 2 aliphatic rings. The van der Waals surface area contributed by atoms with Crippen LogP contribution in [0.4, 0.5) is 10.5 Å². The fraction of sp³-hybridized carbons (Fsp3) is 0.211. The minimum Gasteiger partial charge on any atom is -0.326 e. The van der Waals surface area contributed by atoms with Gasteiger partial charge in [0.15, 0.2) is 0 Å². The summed E-state index contributed by atoms with van der Waals surface area (Å²) in [6.45, 7) is 0.503. The second kappa shape index (κ2) is 7.13. The number of fused-ring (bicyclic) bond motifs is 1. The van der Waals surface area contributed by atoms with Crippen molar-refractivity contribution in [2.45, 2.75) is 12.8 Å². The highest BCUT2D eigenvalue weighted by atomic mass is 35.5. The molecule has 4 rings (SSSR count). The summed E-state index contributed by atoms with van der Waals surface area (Å²) < 4.78 is 0. The van der Waals surface area contributed by atoms with Gasteiger partial charge in [0, 0.05) is 23.0 Å². The zero-order valence-corrected chi connectivity index (χ0v) is 15.4. The number of benzene rings is 2. The third kappa shape index (κ3) is 3.61. The SMILES string of the molecule is O=C1Cc2cc(CCN3N=C(c4ccc(Cl)cc4)CSC3=O)ccc2N1. The van der Waals surface area contributed by atoms with Crippen molar-refractivity contribution < 1.29 is 9.59 Å². The lowest BCUT2D eigenvalue weighted by Gasteiger charge is -2.23. The van der Waals surface area contributed by atoms with Crippen LogP contribution in [0.3, 0.4) is 0 Å². The summed E-state index contributed by atoms with van der Waals surface area (Å²) in [5.74, 6) is 0.584. The third-order valence-corrected chi connectivity index (χ3v) is 5.50. The van der Waals surface area contributed by atoms with E-state index in [4.69, 9.17) is 11.6 Å². The van der Waals surface area contributed by atoms with Crippen molar-refractivity contribution in [3.05, 3.63) is 64.2 Å². The van der Waals surface area contributed by atoms with E-state index in [-0.39, 0.29) is 11.1 Å². The van der Waals surface area contributed by atoms with E-state index >= 15 is 0 Å². The number of carbonyl (C=O) groups excluding carboxylic acids is 2. The lowest BCUT2D eigenvalue weighted by atomic mass is 10.1. The topological polar surface area (TPSA) is 61.8 Å². The summed E-state index contributed by atoms with van der Waals surface area (Å²) >= 11 is 7.19. The molecule has 0 unspecified atom stereocenters. The highest BCUT2D eigenvalue weighted by Crippen LogP contribution is 2.25. The lowest BCUT2D eigenvalue weighted by Crippen LogP contribution is -2.31. The van der Waals surface area contributed by atoms with Crippen LogP contribution in [0.15, 0.2) is 47.6 Å². The van der Waals surface area contributed by atoms with Crippen molar-refractivity contribution in [3.8, 4) is 0 Å². The van der Waals surface area contributed by atoms with Crippen LogP contribution in [0, 0.1) is 0 Å². The summed E-state index contributed by atoms with van der Waals surface area (Å²) in [6, 6.07) is 13.4. The second-order valence-corrected chi connectivity index (χ2v) is 7.56. The highest BCUT2D eigenvalue weighted by Gasteiger charge is 2.22. The number of nitrogens with zero attached hydrogens (tertiary/aromatic N) is 2. The minimum absolute atomic E-state index is 0.0250. The van der Waals surface area contributed by atoms with Gasteiger partial charge in [0.25, 0.3) is 0 Å². The molecule has 2 amide bonds.